The molecule has 1 aromatic heterocycles. The quantitative estimate of drug-likeness (QED) is 0.561. The summed E-state index contributed by atoms with van der Waals surface area (Å²) >= 11 is 7.56. The first-order valence-corrected chi connectivity index (χ1v) is 10.4. The van der Waals surface area contributed by atoms with Crippen LogP contribution in [0.25, 0.3) is 0 Å². The first-order valence-electron chi connectivity index (χ1n) is 8.82. The Labute approximate surface area is 168 Å². The van der Waals surface area contributed by atoms with Crippen molar-refractivity contribution in [1.29, 1.82) is 0 Å². The molecule has 1 amide bonds. The minimum Gasteiger partial charge on any atom is -0.497 e. The van der Waals surface area contributed by atoms with Gasteiger partial charge in [0.2, 0.25) is 0 Å². The van der Waals surface area contributed by atoms with Crippen molar-refractivity contribution in [3.05, 3.63) is 46.7 Å². The zero-order chi connectivity index (χ0) is 19.2. The van der Waals surface area contributed by atoms with E-state index in [-0.39, 0.29) is 5.91 Å². The molecular weight excluding hydrogens is 384 g/mol. The number of carbonyl (C=O) groups is 1. The molecule has 0 unspecified atom stereocenters. The Morgan fingerprint density at radius 2 is 2.00 bits per heavy atom. The van der Waals surface area contributed by atoms with E-state index in [1.807, 2.05) is 23.3 Å². The monoisotopic (exact) mass is 406 g/mol. The zero-order valence-electron chi connectivity index (χ0n) is 15.5. The maximum atomic E-state index is 12.9. The number of benzene rings is 1. The highest BCUT2D eigenvalue weighted by Gasteiger charge is 2.23. The number of hydrogen-bond acceptors (Lipinski definition) is 6. The van der Waals surface area contributed by atoms with Crippen LogP contribution in [0.1, 0.15) is 22.5 Å². The van der Waals surface area contributed by atoms with E-state index < -0.39 is 0 Å². The maximum absolute atomic E-state index is 12.9. The first-order chi connectivity index (χ1) is 13.1. The van der Waals surface area contributed by atoms with Gasteiger partial charge in [-0.2, -0.15) is 0 Å². The fraction of sp³-hybridized carbons (Fsp3) is 0.421. The predicted molar refractivity (Wildman–Crippen MR) is 108 cm³/mol. The number of hydrogen-bond donors (Lipinski definition) is 0. The van der Waals surface area contributed by atoms with E-state index in [4.69, 9.17) is 16.3 Å². The third kappa shape index (κ3) is 5.12. The topological polar surface area (TPSA) is 58.6 Å². The summed E-state index contributed by atoms with van der Waals surface area (Å²) in [5.74, 6) is 0.738. The third-order valence-electron chi connectivity index (χ3n) is 4.55. The lowest BCUT2D eigenvalue weighted by Gasteiger charge is -2.22. The van der Waals surface area contributed by atoms with Gasteiger partial charge in [-0.25, -0.2) is 9.97 Å². The van der Waals surface area contributed by atoms with Crippen LogP contribution < -0.4 is 4.74 Å². The molecule has 0 aliphatic carbocycles. The number of carbonyl (C=O) groups excluding carboxylic acids is 1. The van der Waals surface area contributed by atoms with Gasteiger partial charge in [0.05, 0.1) is 18.3 Å². The van der Waals surface area contributed by atoms with Crippen molar-refractivity contribution in [2.24, 2.45) is 0 Å². The van der Waals surface area contributed by atoms with Gasteiger partial charge in [-0.1, -0.05) is 35.5 Å². The molecule has 2 heterocycles. The molecule has 3 rings (SSSR count). The molecule has 6 nitrogen and oxygen atoms in total. The van der Waals surface area contributed by atoms with Crippen LogP contribution in [0.4, 0.5) is 0 Å². The Morgan fingerprint density at radius 1 is 1.22 bits per heavy atom. The summed E-state index contributed by atoms with van der Waals surface area (Å²) in [5.41, 5.74) is 1.53. The van der Waals surface area contributed by atoms with Gasteiger partial charge in [0.15, 0.2) is 10.9 Å². The number of methoxy groups -OCH3 is 1. The molecule has 27 heavy (non-hydrogen) atoms. The largest absolute Gasteiger partial charge is 0.497 e. The Balaban J connectivity index is 1.63. The number of ether oxygens (including phenoxy) is 1. The average molecular weight is 407 g/mol. The van der Waals surface area contributed by atoms with Crippen LogP contribution in [-0.4, -0.2) is 65.2 Å². The highest BCUT2D eigenvalue weighted by atomic mass is 35.5. The van der Waals surface area contributed by atoms with Crippen LogP contribution in [0, 0.1) is 0 Å². The molecule has 1 saturated heterocycles. The van der Waals surface area contributed by atoms with Gasteiger partial charge in [-0.05, 0) is 30.4 Å². The van der Waals surface area contributed by atoms with Gasteiger partial charge < -0.3 is 9.64 Å². The average Bonchev–Trinajstić information content (AvgIpc) is 2.94. The van der Waals surface area contributed by atoms with Gasteiger partial charge in [0.1, 0.15) is 5.75 Å². The van der Waals surface area contributed by atoms with Crippen molar-refractivity contribution < 1.29 is 9.53 Å². The highest BCUT2D eigenvalue weighted by molar-refractivity contribution is 7.98. The number of rotatable bonds is 5. The minimum atomic E-state index is -0.121. The van der Waals surface area contributed by atoms with Gasteiger partial charge in [0, 0.05) is 32.7 Å². The number of aromatic nitrogens is 2. The number of nitrogens with zero attached hydrogens (tertiary/aromatic N) is 4. The second-order valence-corrected chi connectivity index (χ2v) is 7.50. The summed E-state index contributed by atoms with van der Waals surface area (Å²) < 4.78 is 5.21. The zero-order valence-corrected chi connectivity index (χ0v) is 17.1. The molecule has 0 bridgehead atoms. The summed E-state index contributed by atoms with van der Waals surface area (Å²) in [6.45, 7) is 3.98. The predicted octanol–water partition coefficient (Wildman–Crippen LogP) is 3.21. The second-order valence-electron chi connectivity index (χ2n) is 6.32. The van der Waals surface area contributed by atoms with Crippen LogP contribution in [0.15, 0.2) is 35.6 Å². The number of amides is 1. The second kappa shape index (κ2) is 9.39. The fourth-order valence-corrected chi connectivity index (χ4v) is 3.58. The molecule has 0 saturated carbocycles. The summed E-state index contributed by atoms with van der Waals surface area (Å²) in [6, 6.07) is 8.11. The molecule has 1 aromatic carbocycles. The molecule has 0 atom stereocenters. The first kappa shape index (κ1) is 19.9. The van der Waals surface area contributed by atoms with Crippen molar-refractivity contribution in [3.63, 3.8) is 0 Å². The standard InChI is InChI=1S/C19H23ClN4O2S/c1-26-15-6-4-14(5-7-15)13-23-8-3-9-24(11-10-23)18(25)17-16(20)12-21-19(22-17)27-2/h4-7,12H,3,8-11,13H2,1-2H3. The molecular formula is C19H23ClN4O2S. The highest BCUT2D eigenvalue weighted by Crippen LogP contribution is 2.20. The summed E-state index contributed by atoms with van der Waals surface area (Å²) in [4.78, 5) is 25.5. The van der Waals surface area contributed by atoms with Crippen LogP contribution >= 0.6 is 23.4 Å². The molecule has 8 heteroatoms. The van der Waals surface area contributed by atoms with E-state index in [2.05, 4.69) is 27.0 Å². The number of halogens is 1. The Hall–Kier alpha value is -1.83. The SMILES string of the molecule is COc1ccc(CN2CCCN(C(=O)c3nc(SC)ncc3Cl)CC2)cc1. The van der Waals surface area contributed by atoms with E-state index >= 15 is 0 Å². The van der Waals surface area contributed by atoms with Gasteiger partial charge in [0.25, 0.3) is 5.91 Å². The van der Waals surface area contributed by atoms with Crippen molar-refractivity contribution >= 4 is 29.3 Å². The lowest BCUT2D eigenvalue weighted by atomic mass is 10.2. The molecule has 2 aromatic rings. The van der Waals surface area contributed by atoms with Gasteiger partial charge in [-0.15, -0.1) is 0 Å². The fourth-order valence-electron chi connectivity index (χ4n) is 3.07. The molecule has 0 N–H and O–H groups in total. The van der Waals surface area contributed by atoms with Crippen molar-refractivity contribution in [1.82, 2.24) is 19.8 Å². The van der Waals surface area contributed by atoms with E-state index in [9.17, 15) is 4.79 Å². The van der Waals surface area contributed by atoms with Crippen LogP contribution in [0.2, 0.25) is 5.02 Å². The van der Waals surface area contributed by atoms with E-state index in [0.717, 1.165) is 31.8 Å². The molecule has 1 aliphatic heterocycles. The molecule has 1 fully saturated rings. The molecule has 0 radical (unpaired) electrons. The Kier molecular flexibility index (Phi) is 6.93. The van der Waals surface area contributed by atoms with E-state index in [1.165, 1.54) is 23.5 Å². The van der Waals surface area contributed by atoms with E-state index in [0.29, 0.717) is 29.0 Å². The van der Waals surface area contributed by atoms with Crippen molar-refractivity contribution in [2.45, 2.75) is 18.1 Å². The van der Waals surface area contributed by atoms with E-state index in [1.54, 1.807) is 7.11 Å². The summed E-state index contributed by atoms with van der Waals surface area (Å²) in [5, 5.41) is 0.857. The Morgan fingerprint density at radius 3 is 2.70 bits per heavy atom. The number of thioether (sulfide) groups is 1. The Bertz CT molecular complexity index is 788. The van der Waals surface area contributed by atoms with Gasteiger partial charge >= 0.3 is 0 Å². The molecule has 1 aliphatic rings. The smallest absolute Gasteiger partial charge is 0.274 e. The van der Waals surface area contributed by atoms with Crippen LogP contribution in [0.3, 0.4) is 0 Å². The van der Waals surface area contributed by atoms with Crippen molar-refractivity contribution in [2.75, 3.05) is 39.5 Å². The summed E-state index contributed by atoms with van der Waals surface area (Å²) in [7, 11) is 1.67. The van der Waals surface area contributed by atoms with Gasteiger partial charge in [-0.3, -0.25) is 9.69 Å². The minimum absolute atomic E-state index is 0.121. The summed E-state index contributed by atoms with van der Waals surface area (Å²) in [6.07, 6.45) is 4.29. The lowest BCUT2D eigenvalue weighted by molar-refractivity contribution is 0.0754. The third-order valence-corrected chi connectivity index (χ3v) is 5.39. The lowest BCUT2D eigenvalue weighted by Crippen LogP contribution is -2.35. The molecule has 0 spiro atoms. The van der Waals surface area contributed by atoms with Crippen LogP contribution in [0.5, 0.6) is 5.75 Å². The normalized spacial score (nSPS) is 15.4. The van der Waals surface area contributed by atoms with Crippen molar-refractivity contribution in [3.8, 4) is 5.75 Å². The maximum Gasteiger partial charge on any atom is 0.274 e. The van der Waals surface area contributed by atoms with Crippen LogP contribution in [-0.2, 0) is 6.54 Å². The molecule has 144 valence electrons.